The first-order chi connectivity index (χ1) is 8.60. The van der Waals surface area contributed by atoms with Gasteiger partial charge in [-0.25, -0.2) is 4.79 Å². The summed E-state index contributed by atoms with van der Waals surface area (Å²) in [6.07, 6.45) is -1.35. The minimum Gasteiger partial charge on any atom is -0.497 e. The van der Waals surface area contributed by atoms with Gasteiger partial charge >= 0.3 is 6.09 Å². The number of hydrogen-bond donors (Lipinski definition) is 2. The van der Waals surface area contributed by atoms with E-state index in [-0.39, 0.29) is 18.4 Å². The second-order valence-electron chi connectivity index (χ2n) is 4.00. The number of rotatable bonds is 3. The number of nitrogens with two attached hydrogens (primary N) is 1. The fraction of sp³-hybridized carbons (Fsp3) is 0.333. The predicted molar refractivity (Wildman–Crippen MR) is 63.0 cm³/mol. The lowest BCUT2D eigenvalue weighted by molar-refractivity contribution is -0.119. The highest BCUT2D eigenvalue weighted by atomic mass is 16.6. The Bertz CT molecular complexity index is 475. The van der Waals surface area contributed by atoms with Gasteiger partial charge in [0.05, 0.1) is 19.6 Å². The molecule has 2 rings (SSSR count). The maximum Gasteiger partial charge on any atom is 0.404 e. The average Bonchev–Trinajstić information content (AvgIpc) is 2.69. The number of carbonyl (C=O) groups excluding carboxylic acids is 2. The molecular weight excluding hydrogens is 236 g/mol. The van der Waals surface area contributed by atoms with Gasteiger partial charge in [-0.15, -0.1) is 0 Å². The van der Waals surface area contributed by atoms with Crippen molar-refractivity contribution in [2.45, 2.75) is 18.6 Å². The van der Waals surface area contributed by atoms with Gasteiger partial charge < -0.3 is 20.5 Å². The van der Waals surface area contributed by atoms with Gasteiger partial charge in [0, 0.05) is 0 Å². The zero-order chi connectivity index (χ0) is 13.1. The van der Waals surface area contributed by atoms with Gasteiger partial charge in [0.25, 0.3) is 0 Å². The van der Waals surface area contributed by atoms with E-state index in [0.29, 0.717) is 5.75 Å². The van der Waals surface area contributed by atoms with E-state index in [2.05, 4.69) is 5.32 Å². The standard InChI is InChI=1S/C12H14N2O4/c1-17-8-4-2-3-7(5-8)11-9(18-12(13)16)6-10(15)14-11/h2-5,9,11H,6H2,1H3,(H2,13,16)(H,14,15)/t9-,11+/m1/s1. The zero-order valence-electron chi connectivity index (χ0n) is 9.88. The molecule has 0 bridgehead atoms. The van der Waals surface area contributed by atoms with Gasteiger partial charge in [-0.3, -0.25) is 4.79 Å². The zero-order valence-corrected chi connectivity index (χ0v) is 9.88. The molecule has 6 heteroatoms. The largest absolute Gasteiger partial charge is 0.497 e. The van der Waals surface area contributed by atoms with Crippen molar-refractivity contribution < 1.29 is 19.1 Å². The summed E-state index contributed by atoms with van der Waals surface area (Å²) in [7, 11) is 1.56. The highest BCUT2D eigenvalue weighted by Crippen LogP contribution is 2.29. The summed E-state index contributed by atoms with van der Waals surface area (Å²) >= 11 is 0. The monoisotopic (exact) mass is 250 g/mol. The van der Waals surface area contributed by atoms with Gasteiger partial charge in [-0.05, 0) is 17.7 Å². The summed E-state index contributed by atoms with van der Waals surface area (Å²) in [4.78, 5) is 22.2. The molecule has 6 nitrogen and oxygen atoms in total. The van der Waals surface area contributed by atoms with Crippen LogP contribution >= 0.6 is 0 Å². The van der Waals surface area contributed by atoms with Crippen molar-refractivity contribution in [2.75, 3.05) is 7.11 Å². The third-order valence-electron chi connectivity index (χ3n) is 2.80. The Morgan fingerprint density at radius 2 is 2.28 bits per heavy atom. The molecule has 0 spiro atoms. The molecule has 1 aliphatic rings. The van der Waals surface area contributed by atoms with Crippen LogP contribution in [0.4, 0.5) is 4.79 Å². The van der Waals surface area contributed by atoms with Crippen LogP contribution in [0, 0.1) is 0 Å². The topological polar surface area (TPSA) is 90.7 Å². The molecule has 2 atom stereocenters. The third kappa shape index (κ3) is 2.53. The summed E-state index contributed by atoms with van der Waals surface area (Å²) in [5, 5.41) is 2.75. The highest BCUT2D eigenvalue weighted by Gasteiger charge is 2.36. The number of hydrogen-bond acceptors (Lipinski definition) is 4. The first kappa shape index (κ1) is 12.2. The Morgan fingerprint density at radius 1 is 1.50 bits per heavy atom. The number of nitrogens with one attached hydrogen (secondary N) is 1. The van der Waals surface area contributed by atoms with Gasteiger partial charge in [0.2, 0.25) is 5.91 Å². The van der Waals surface area contributed by atoms with Crippen molar-refractivity contribution in [1.82, 2.24) is 5.32 Å². The normalized spacial score (nSPS) is 22.4. The van der Waals surface area contributed by atoms with Crippen molar-refractivity contribution in [1.29, 1.82) is 0 Å². The fourth-order valence-electron chi connectivity index (χ4n) is 2.02. The SMILES string of the molecule is COc1cccc([C@@H]2NC(=O)C[C@H]2OC(N)=O)c1. The van der Waals surface area contributed by atoms with E-state index in [1.165, 1.54) is 0 Å². The molecule has 2 amide bonds. The molecule has 0 radical (unpaired) electrons. The molecule has 1 aromatic rings. The van der Waals surface area contributed by atoms with Gasteiger partial charge in [-0.1, -0.05) is 12.1 Å². The third-order valence-corrected chi connectivity index (χ3v) is 2.80. The van der Waals surface area contributed by atoms with Gasteiger partial charge in [-0.2, -0.15) is 0 Å². The molecule has 96 valence electrons. The van der Waals surface area contributed by atoms with Crippen LogP contribution in [0.15, 0.2) is 24.3 Å². The Kier molecular flexibility index (Phi) is 3.36. The van der Waals surface area contributed by atoms with Crippen LogP contribution in [-0.4, -0.2) is 25.2 Å². The number of benzene rings is 1. The van der Waals surface area contributed by atoms with E-state index < -0.39 is 12.2 Å². The lowest BCUT2D eigenvalue weighted by Gasteiger charge is -2.19. The van der Waals surface area contributed by atoms with Gasteiger partial charge in [0.1, 0.15) is 11.9 Å². The van der Waals surface area contributed by atoms with Crippen molar-refractivity contribution in [3.63, 3.8) is 0 Å². The average molecular weight is 250 g/mol. The fourth-order valence-corrected chi connectivity index (χ4v) is 2.02. The molecule has 1 aliphatic heterocycles. The summed E-state index contributed by atoms with van der Waals surface area (Å²) < 4.78 is 10.0. The van der Waals surface area contributed by atoms with E-state index in [4.69, 9.17) is 15.2 Å². The molecule has 0 unspecified atom stereocenters. The summed E-state index contributed by atoms with van der Waals surface area (Å²) in [5.74, 6) is 0.501. The Labute approximate surface area is 104 Å². The second kappa shape index (κ2) is 4.95. The smallest absolute Gasteiger partial charge is 0.404 e. The first-order valence-electron chi connectivity index (χ1n) is 5.49. The summed E-state index contributed by atoms with van der Waals surface area (Å²) in [5.41, 5.74) is 5.80. The van der Waals surface area contributed by atoms with Gasteiger partial charge in [0.15, 0.2) is 0 Å². The lowest BCUT2D eigenvalue weighted by Crippen LogP contribution is -2.28. The Morgan fingerprint density at radius 3 is 2.94 bits per heavy atom. The van der Waals surface area contributed by atoms with Crippen molar-refractivity contribution in [3.05, 3.63) is 29.8 Å². The van der Waals surface area contributed by atoms with Crippen LogP contribution in [0.2, 0.25) is 0 Å². The Balaban J connectivity index is 2.23. The van der Waals surface area contributed by atoms with Crippen LogP contribution in [0.25, 0.3) is 0 Å². The number of ether oxygens (including phenoxy) is 2. The molecule has 0 aliphatic carbocycles. The molecule has 1 saturated heterocycles. The van der Waals surface area contributed by atoms with Crippen molar-refractivity contribution in [3.8, 4) is 5.75 Å². The van der Waals surface area contributed by atoms with Crippen LogP contribution in [0.1, 0.15) is 18.0 Å². The quantitative estimate of drug-likeness (QED) is 0.827. The minimum atomic E-state index is -0.885. The summed E-state index contributed by atoms with van der Waals surface area (Å²) in [6.45, 7) is 0. The number of primary amides is 1. The molecule has 18 heavy (non-hydrogen) atoms. The minimum absolute atomic E-state index is 0.116. The molecule has 1 aromatic carbocycles. The molecule has 3 N–H and O–H groups in total. The number of methoxy groups -OCH3 is 1. The maximum absolute atomic E-state index is 11.4. The maximum atomic E-state index is 11.4. The van der Waals surface area contributed by atoms with Crippen LogP contribution in [-0.2, 0) is 9.53 Å². The molecule has 1 heterocycles. The summed E-state index contributed by atoms with van der Waals surface area (Å²) in [6, 6.07) is 6.83. The molecule has 0 aromatic heterocycles. The van der Waals surface area contributed by atoms with E-state index in [0.717, 1.165) is 5.56 Å². The van der Waals surface area contributed by atoms with E-state index in [9.17, 15) is 9.59 Å². The highest BCUT2D eigenvalue weighted by molar-refractivity contribution is 5.80. The van der Waals surface area contributed by atoms with Crippen molar-refractivity contribution in [2.24, 2.45) is 5.73 Å². The molecular formula is C12H14N2O4. The Hall–Kier alpha value is -2.24. The number of amides is 2. The van der Waals surface area contributed by atoms with E-state index in [1.807, 2.05) is 6.07 Å². The predicted octanol–water partition coefficient (Wildman–Crippen LogP) is 0.720. The van der Waals surface area contributed by atoms with E-state index in [1.54, 1.807) is 25.3 Å². The molecule has 0 saturated carbocycles. The lowest BCUT2D eigenvalue weighted by atomic mass is 10.0. The first-order valence-corrected chi connectivity index (χ1v) is 5.49. The number of carbonyl (C=O) groups is 2. The van der Waals surface area contributed by atoms with Crippen LogP contribution in [0.5, 0.6) is 5.75 Å². The van der Waals surface area contributed by atoms with Crippen LogP contribution in [0.3, 0.4) is 0 Å². The van der Waals surface area contributed by atoms with Crippen molar-refractivity contribution >= 4 is 12.0 Å². The molecule has 1 fully saturated rings. The second-order valence-corrected chi connectivity index (χ2v) is 4.00. The van der Waals surface area contributed by atoms with E-state index >= 15 is 0 Å². The van der Waals surface area contributed by atoms with Crippen LogP contribution < -0.4 is 15.8 Å².